The average Bonchev–Trinajstić information content (AvgIpc) is 2.49. The largest absolute Gasteiger partial charge is 0.382 e. The Bertz CT molecular complexity index is 131. The summed E-state index contributed by atoms with van der Waals surface area (Å²) in [7, 11) is 6.06. The highest BCUT2D eigenvalue weighted by molar-refractivity contribution is 4.31. The van der Waals surface area contributed by atoms with E-state index in [0.717, 1.165) is 19.6 Å². The Hall–Kier alpha value is -0.120. The smallest absolute Gasteiger partial charge is 0.0766 e. The number of methoxy groups -OCH3 is 1. The van der Waals surface area contributed by atoms with Crippen LogP contribution < -0.4 is 4.90 Å². The summed E-state index contributed by atoms with van der Waals surface area (Å²) in [5.41, 5.74) is 0. The number of ether oxygens (including phenoxy) is 2. The van der Waals surface area contributed by atoms with Crippen LogP contribution in [0.5, 0.6) is 0 Å². The highest BCUT2D eigenvalue weighted by Crippen LogP contribution is 1.95. The Morgan fingerprint density at radius 2 is 1.19 bits per heavy atom. The predicted octanol–water partition coefficient (Wildman–Crippen LogP) is 3.58. The van der Waals surface area contributed by atoms with Crippen molar-refractivity contribution in [1.82, 2.24) is 0 Å². The Kier molecular flexibility index (Phi) is 34.5. The number of unbranched alkanes of at least 4 members (excludes halogenated alkanes) is 4. The molecule has 0 aliphatic rings. The molecule has 0 fully saturated rings. The van der Waals surface area contributed by atoms with E-state index >= 15 is 0 Å². The van der Waals surface area contributed by atoms with Gasteiger partial charge in [-0.15, -0.1) is 0 Å². The summed E-state index contributed by atoms with van der Waals surface area (Å²) in [6.45, 7) is 12.4. The van der Waals surface area contributed by atoms with Gasteiger partial charge in [-0.25, -0.2) is 0 Å². The minimum atomic E-state index is 0.708. The molecule has 0 aliphatic heterocycles. The number of hydrogen-bond acceptors (Lipinski definition) is 2. The highest BCUT2D eigenvalue weighted by Gasteiger charge is 1.87. The molecule has 0 rings (SSSR count). The van der Waals surface area contributed by atoms with Gasteiger partial charge >= 0.3 is 0 Å². The average molecular weight is 307 g/mol. The van der Waals surface area contributed by atoms with Crippen LogP contribution in [0.15, 0.2) is 0 Å². The van der Waals surface area contributed by atoms with E-state index in [-0.39, 0.29) is 0 Å². The van der Waals surface area contributed by atoms with Crippen molar-refractivity contribution in [2.24, 2.45) is 0 Å². The van der Waals surface area contributed by atoms with E-state index < -0.39 is 0 Å². The third-order valence-corrected chi connectivity index (χ3v) is 2.77. The molecule has 0 bridgehead atoms. The molecular weight excluding hydrogens is 262 g/mol. The fraction of sp³-hybridized carbons (Fsp3) is 1.00. The first-order chi connectivity index (χ1) is 10.1. The molecule has 0 aliphatic carbocycles. The molecule has 0 spiro atoms. The summed E-state index contributed by atoms with van der Waals surface area (Å²) in [4.78, 5) is 1.56. The molecule has 3 nitrogen and oxygen atoms in total. The minimum Gasteiger partial charge on any atom is -0.382 e. The van der Waals surface area contributed by atoms with Gasteiger partial charge in [0.1, 0.15) is 0 Å². The number of quaternary nitrogens is 1. The van der Waals surface area contributed by atoms with Crippen LogP contribution in [0.2, 0.25) is 0 Å². The van der Waals surface area contributed by atoms with E-state index in [1.54, 1.807) is 12.0 Å². The molecule has 21 heavy (non-hydrogen) atoms. The van der Waals surface area contributed by atoms with Gasteiger partial charge in [0, 0.05) is 13.7 Å². The summed E-state index contributed by atoms with van der Waals surface area (Å²) >= 11 is 0. The second kappa shape index (κ2) is 28.1. The van der Waals surface area contributed by atoms with Gasteiger partial charge in [0.15, 0.2) is 0 Å². The third-order valence-electron chi connectivity index (χ3n) is 2.77. The van der Waals surface area contributed by atoms with Gasteiger partial charge in [0.2, 0.25) is 0 Å². The molecule has 0 saturated carbocycles. The molecule has 0 atom stereocenters. The Labute approximate surface area is 135 Å². The maximum Gasteiger partial charge on any atom is 0.0766 e. The summed E-state index contributed by atoms with van der Waals surface area (Å²) < 4.78 is 9.86. The van der Waals surface area contributed by atoms with Gasteiger partial charge < -0.3 is 14.4 Å². The molecule has 132 valence electrons. The monoisotopic (exact) mass is 306 g/mol. The molecule has 0 heterocycles. The first-order valence-electron chi connectivity index (χ1n) is 8.96. The van der Waals surface area contributed by atoms with E-state index in [1.807, 2.05) is 0 Å². The zero-order chi connectivity index (χ0) is 16.8. The van der Waals surface area contributed by atoms with Gasteiger partial charge in [-0.2, -0.15) is 0 Å². The lowest BCUT2D eigenvalue weighted by Gasteiger charge is -2.03. The van der Waals surface area contributed by atoms with Gasteiger partial charge in [-0.3, -0.25) is 0 Å². The molecule has 1 N–H and O–H groups in total. The van der Waals surface area contributed by atoms with E-state index in [1.165, 1.54) is 45.1 Å². The summed E-state index contributed by atoms with van der Waals surface area (Å²) in [5, 5.41) is 0. The first-order valence-corrected chi connectivity index (χ1v) is 8.96. The zero-order valence-electron chi connectivity index (χ0n) is 16.1. The van der Waals surface area contributed by atoms with Crippen LogP contribution >= 0.6 is 0 Å². The van der Waals surface area contributed by atoms with Crippen molar-refractivity contribution in [1.29, 1.82) is 0 Å². The Balaban J connectivity index is -0.000000234. The maximum absolute atomic E-state index is 5.10. The van der Waals surface area contributed by atoms with E-state index in [2.05, 4.69) is 41.8 Å². The van der Waals surface area contributed by atoms with Crippen molar-refractivity contribution in [2.45, 2.75) is 72.6 Å². The maximum atomic E-state index is 5.10. The SMILES string of the molecule is CCCCCC.CCCC[NH+](C)C.CCCOCCOC. The lowest BCUT2D eigenvalue weighted by Crippen LogP contribution is -3.05. The van der Waals surface area contributed by atoms with Crippen molar-refractivity contribution in [3.05, 3.63) is 0 Å². The molecule has 0 aromatic carbocycles. The van der Waals surface area contributed by atoms with Crippen LogP contribution in [-0.2, 0) is 9.47 Å². The molecule has 0 amide bonds. The van der Waals surface area contributed by atoms with Crippen molar-refractivity contribution in [3.63, 3.8) is 0 Å². The Morgan fingerprint density at radius 3 is 1.48 bits per heavy atom. The lowest BCUT2D eigenvalue weighted by atomic mass is 10.2. The normalized spacial score (nSPS) is 9.71. The predicted molar refractivity (Wildman–Crippen MR) is 95.4 cm³/mol. The van der Waals surface area contributed by atoms with Crippen LogP contribution in [0.1, 0.15) is 72.6 Å². The van der Waals surface area contributed by atoms with Gasteiger partial charge in [-0.05, 0) is 12.8 Å². The first kappa shape index (κ1) is 25.8. The highest BCUT2D eigenvalue weighted by atomic mass is 16.5. The number of rotatable bonds is 11. The summed E-state index contributed by atoms with van der Waals surface area (Å²) in [6, 6.07) is 0. The van der Waals surface area contributed by atoms with Crippen LogP contribution in [0, 0.1) is 0 Å². The van der Waals surface area contributed by atoms with Crippen LogP contribution in [0.25, 0.3) is 0 Å². The number of hydrogen-bond donors (Lipinski definition) is 1. The van der Waals surface area contributed by atoms with Crippen molar-refractivity contribution in [2.75, 3.05) is 47.6 Å². The molecule has 0 aromatic heterocycles. The fourth-order valence-corrected chi connectivity index (χ4v) is 1.42. The minimum absolute atomic E-state index is 0.708. The van der Waals surface area contributed by atoms with Crippen molar-refractivity contribution < 1.29 is 14.4 Å². The van der Waals surface area contributed by atoms with Crippen LogP contribution in [0.4, 0.5) is 0 Å². The van der Waals surface area contributed by atoms with Crippen molar-refractivity contribution >= 4 is 0 Å². The third kappa shape index (κ3) is 45.0. The van der Waals surface area contributed by atoms with E-state index in [0.29, 0.717) is 6.61 Å². The topological polar surface area (TPSA) is 22.9 Å². The van der Waals surface area contributed by atoms with Gasteiger partial charge in [0.25, 0.3) is 0 Å². The fourth-order valence-electron chi connectivity index (χ4n) is 1.42. The van der Waals surface area contributed by atoms with Gasteiger partial charge in [0.05, 0.1) is 33.9 Å². The standard InChI is InChI=1S/C6H15N.C6H14O2.C6H14/c1-4-5-6-7(2)3;1-3-4-8-6-5-7-2;1-3-5-6-4-2/h4-6H2,1-3H3;3-6H2,1-2H3;3-6H2,1-2H3/p+1. The lowest BCUT2D eigenvalue weighted by molar-refractivity contribution is -0.858. The quantitative estimate of drug-likeness (QED) is 0.590. The zero-order valence-corrected chi connectivity index (χ0v) is 16.1. The molecular formula is C18H44NO2+. The van der Waals surface area contributed by atoms with Crippen molar-refractivity contribution in [3.8, 4) is 0 Å². The second-order valence-corrected chi connectivity index (χ2v) is 5.62. The summed E-state index contributed by atoms with van der Waals surface area (Å²) in [5.74, 6) is 0. The van der Waals surface area contributed by atoms with Gasteiger partial charge in [-0.1, -0.05) is 59.8 Å². The summed E-state index contributed by atoms with van der Waals surface area (Å²) in [6.07, 6.45) is 9.31. The van der Waals surface area contributed by atoms with E-state index in [4.69, 9.17) is 9.47 Å². The number of nitrogens with one attached hydrogen (secondary N) is 1. The van der Waals surface area contributed by atoms with Crippen LogP contribution in [0.3, 0.4) is 0 Å². The molecule has 0 aromatic rings. The van der Waals surface area contributed by atoms with Crippen LogP contribution in [-0.4, -0.2) is 47.6 Å². The molecule has 0 radical (unpaired) electrons. The Morgan fingerprint density at radius 1 is 0.667 bits per heavy atom. The second-order valence-electron chi connectivity index (χ2n) is 5.62. The molecule has 0 saturated heterocycles. The molecule has 0 unspecified atom stereocenters. The van der Waals surface area contributed by atoms with E-state index in [9.17, 15) is 0 Å². The molecule has 3 heteroatoms.